The third kappa shape index (κ3) is 4.90. The lowest BCUT2D eigenvalue weighted by atomic mass is 9.88. The smallest absolute Gasteiger partial charge is 0.231 e. The van der Waals surface area contributed by atoms with E-state index in [2.05, 4.69) is 11.0 Å². The fourth-order valence-corrected chi connectivity index (χ4v) is 2.51. The molecule has 1 heterocycles. The highest BCUT2D eigenvalue weighted by Crippen LogP contribution is 2.31. The Morgan fingerprint density at radius 2 is 1.79 bits per heavy atom. The summed E-state index contributed by atoms with van der Waals surface area (Å²) in [5.41, 5.74) is 13.3. The number of amides is 1. The first kappa shape index (κ1) is 18.0. The molecule has 1 saturated heterocycles. The number of nitrogens with two attached hydrogens (primary N) is 2. The van der Waals surface area contributed by atoms with Crippen molar-refractivity contribution in [1.82, 2.24) is 4.90 Å². The van der Waals surface area contributed by atoms with Crippen molar-refractivity contribution in [2.24, 2.45) is 5.73 Å². The van der Waals surface area contributed by atoms with Crippen molar-refractivity contribution in [2.75, 3.05) is 25.4 Å². The Kier molecular flexibility index (Phi) is 7.83. The van der Waals surface area contributed by atoms with Crippen molar-refractivity contribution in [1.29, 1.82) is 0 Å². The van der Waals surface area contributed by atoms with E-state index in [4.69, 9.17) is 11.5 Å². The summed E-state index contributed by atoms with van der Waals surface area (Å²) in [5.74, 6) is 0.267. The second-order valence-corrected chi connectivity index (χ2v) is 4.65. The lowest BCUT2D eigenvalue weighted by molar-refractivity contribution is -0.119. The van der Waals surface area contributed by atoms with Crippen LogP contribution in [0.4, 0.5) is 5.69 Å². The molecule has 0 aliphatic carbocycles. The third-order valence-electron chi connectivity index (χ3n) is 3.40. The number of benzene rings is 1. The lowest BCUT2D eigenvalue weighted by Crippen LogP contribution is -2.39. The van der Waals surface area contributed by atoms with Crippen LogP contribution in [0.3, 0.4) is 0 Å². The summed E-state index contributed by atoms with van der Waals surface area (Å²) in [4.78, 5) is 12.9. The van der Waals surface area contributed by atoms with E-state index >= 15 is 0 Å². The number of carbonyl (C=O) groups excluding carboxylic acids is 1. The van der Waals surface area contributed by atoms with Gasteiger partial charge in [-0.1, -0.05) is 18.2 Å². The molecule has 0 bridgehead atoms. The molecule has 1 aliphatic rings. The zero-order chi connectivity index (χ0) is 12.3. The average molecular weight is 306 g/mol. The molecule has 1 aliphatic heterocycles. The number of anilines is 1. The van der Waals surface area contributed by atoms with Gasteiger partial charge in [-0.05, 0) is 43.5 Å². The highest BCUT2D eigenvalue weighted by atomic mass is 35.5. The quantitative estimate of drug-likeness (QED) is 0.836. The van der Waals surface area contributed by atoms with Crippen molar-refractivity contribution in [3.63, 3.8) is 0 Å². The minimum absolute atomic E-state index is 0. The largest absolute Gasteiger partial charge is 0.398 e. The van der Waals surface area contributed by atoms with Gasteiger partial charge in [0.1, 0.15) is 0 Å². The van der Waals surface area contributed by atoms with E-state index in [-0.39, 0.29) is 30.7 Å². The van der Waals surface area contributed by atoms with Crippen LogP contribution in [0, 0.1) is 0 Å². The first-order valence-corrected chi connectivity index (χ1v) is 6.02. The zero-order valence-electron chi connectivity index (χ0n) is 10.7. The summed E-state index contributed by atoms with van der Waals surface area (Å²) in [6.45, 7) is 2.21. The summed E-state index contributed by atoms with van der Waals surface area (Å²) >= 11 is 0. The van der Waals surface area contributed by atoms with E-state index in [0.717, 1.165) is 31.6 Å². The number of hydrogen-bond donors (Lipinski definition) is 2. The van der Waals surface area contributed by atoms with E-state index in [1.165, 1.54) is 5.56 Å². The van der Waals surface area contributed by atoms with E-state index in [1.807, 2.05) is 18.2 Å². The number of piperidine rings is 1. The molecule has 0 spiro atoms. The van der Waals surface area contributed by atoms with Crippen molar-refractivity contribution in [3.05, 3.63) is 29.8 Å². The lowest BCUT2D eigenvalue weighted by Gasteiger charge is -2.31. The van der Waals surface area contributed by atoms with Crippen LogP contribution in [0.5, 0.6) is 0 Å². The fraction of sp³-hybridized carbons (Fsp3) is 0.462. The van der Waals surface area contributed by atoms with Crippen LogP contribution in [-0.4, -0.2) is 30.4 Å². The molecule has 0 saturated carbocycles. The number of nitrogen functional groups attached to an aromatic ring is 1. The van der Waals surface area contributed by atoms with Gasteiger partial charge in [-0.25, -0.2) is 0 Å². The van der Waals surface area contributed by atoms with Gasteiger partial charge in [0.15, 0.2) is 0 Å². The Labute approximate surface area is 126 Å². The minimum atomic E-state index is -0.248. The van der Waals surface area contributed by atoms with Crippen molar-refractivity contribution >= 4 is 36.4 Å². The van der Waals surface area contributed by atoms with Crippen LogP contribution in [0.25, 0.3) is 0 Å². The second kappa shape index (κ2) is 8.25. The van der Waals surface area contributed by atoms with Gasteiger partial charge in [0.25, 0.3) is 0 Å². The van der Waals surface area contributed by atoms with Gasteiger partial charge >= 0.3 is 0 Å². The minimum Gasteiger partial charge on any atom is -0.398 e. The molecule has 1 aromatic rings. The molecule has 6 heteroatoms. The molecular formula is C13H21Cl2N3O. The van der Waals surface area contributed by atoms with E-state index in [0.29, 0.717) is 12.5 Å². The molecule has 1 amide bonds. The van der Waals surface area contributed by atoms with Gasteiger partial charge < -0.3 is 11.5 Å². The predicted octanol–water partition coefficient (Wildman–Crippen LogP) is 1.78. The number of halogens is 2. The number of likely N-dealkylation sites (tertiary alicyclic amines) is 1. The van der Waals surface area contributed by atoms with Gasteiger partial charge in [0.05, 0.1) is 6.54 Å². The Balaban J connectivity index is 0.00000162. The molecule has 4 N–H and O–H groups in total. The first-order valence-electron chi connectivity index (χ1n) is 6.02. The third-order valence-corrected chi connectivity index (χ3v) is 3.40. The van der Waals surface area contributed by atoms with Crippen LogP contribution in [-0.2, 0) is 4.79 Å². The molecule has 0 aromatic heterocycles. The van der Waals surface area contributed by atoms with Crippen LogP contribution in [0.2, 0.25) is 0 Å². The number of carbonyl (C=O) groups is 1. The zero-order valence-corrected chi connectivity index (χ0v) is 12.4. The van der Waals surface area contributed by atoms with Crippen LogP contribution in [0.15, 0.2) is 24.3 Å². The summed E-state index contributed by atoms with van der Waals surface area (Å²) < 4.78 is 0. The summed E-state index contributed by atoms with van der Waals surface area (Å²) in [6, 6.07) is 8.04. The second-order valence-electron chi connectivity index (χ2n) is 4.65. The van der Waals surface area contributed by atoms with Gasteiger partial charge in [0.2, 0.25) is 5.91 Å². The number of rotatable bonds is 3. The van der Waals surface area contributed by atoms with Crippen molar-refractivity contribution in [2.45, 2.75) is 18.8 Å². The summed E-state index contributed by atoms with van der Waals surface area (Å²) in [6.07, 6.45) is 2.09. The van der Waals surface area contributed by atoms with E-state index in [9.17, 15) is 4.79 Å². The standard InChI is InChI=1S/C13H19N3O.2ClH/c14-12-4-2-1-3-11(12)10-5-7-16(8-6-10)9-13(15)17;;/h1-4,10H,5-9,14H2,(H2,15,17);2*1H. The van der Waals surface area contributed by atoms with Crippen LogP contribution in [0.1, 0.15) is 24.3 Å². The highest BCUT2D eigenvalue weighted by molar-refractivity contribution is 5.85. The first-order chi connectivity index (χ1) is 8.16. The topological polar surface area (TPSA) is 72.4 Å². The summed E-state index contributed by atoms with van der Waals surface area (Å²) in [7, 11) is 0. The molecule has 4 nitrogen and oxygen atoms in total. The Hall–Kier alpha value is -0.970. The molecule has 19 heavy (non-hydrogen) atoms. The fourth-order valence-electron chi connectivity index (χ4n) is 2.51. The molecular weight excluding hydrogens is 285 g/mol. The molecule has 1 fully saturated rings. The number of primary amides is 1. The van der Waals surface area contributed by atoms with E-state index in [1.54, 1.807) is 0 Å². The molecule has 0 radical (unpaired) electrons. The SMILES string of the molecule is Cl.Cl.NC(=O)CN1CCC(c2ccccc2N)CC1. The normalized spacial score (nSPS) is 16.2. The maximum atomic E-state index is 10.8. The van der Waals surface area contributed by atoms with E-state index < -0.39 is 0 Å². The van der Waals surface area contributed by atoms with Gasteiger partial charge in [0, 0.05) is 5.69 Å². The van der Waals surface area contributed by atoms with Crippen LogP contribution >= 0.6 is 24.8 Å². The monoisotopic (exact) mass is 305 g/mol. The molecule has 0 unspecified atom stereocenters. The van der Waals surface area contributed by atoms with Crippen molar-refractivity contribution in [3.8, 4) is 0 Å². The predicted molar refractivity (Wildman–Crippen MR) is 83.0 cm³/mol. The highest BCUT2D eigenvalue weighted by Gasteiger charge is 2.22. The maximum absolute atomic E-state index is 10.8. The number of hydrogen-bond acceptors (Lipinski definition) is 3. The number of nitrogens with zero attached hydrogens (tertiary/aromatic N) is 1. The molecule has 2 rings (SSSR count). The Bertz CT molecular complexity index is 407. The van der Waals surface area contributed by atoms with Gasteiger partial charge in [-0.2, -0.15) is 0 Å². The average Bonchev–Trinajstić information content (AvgIpc) is 2.30. The number of para-hydroxylation sites is 1. The molecule has 108 valence electrons. The Morgan fingerprint density at radius 3 is 2.32 bits per heavy atom. The van der Waals surface area contributed by atoms with Crippen molar-refractivity contribution < 1.29 is 4.79 Å². The molecule has 1 aromatic carbocycles. The maximum Gasteiger partial charge on any atom is 0.231 e. The van der Waals surface area contributed by atoms with Gasteiger partial charge in [-0.3, -0.25) is 9.69 Å². The molecule has 0 atom stereocenters. The Morgan fingerprint density at radius 1 is 1.21 bits per heavy atom. The summed E-state index contributed by atoms with van der Waals surface area (Å²) in [5, 5.41) is 0. The van der Waals surface area contributed by atoms with Crippen LogP contribution < -0.4 is 11.5 Å². The van der Waals surface area contributed by atoms with Gasteiger partial charge in [-0.15, -0.1) is 24.8 Å².